The van der Waals surface area contributed by atoms with Gasteiger partial charge in [-0.2, -0.15) is 0 Å². The summed E-state index contributed by atoms with van der Waals surface area (Å²) < 4.78 is 5.08. The third-order valence-corrected chi connectivity index (χ3v) is 4.47. The van der Waals surface area contributed by atoms with Gasteiger partial charge in [-0.25, -0.2) is 0 Å². The molecule has 0 radical (unpaired) electrons. The van der Waals surface area contributed by atoms with Crippen LogP contribution in [0.5, 0.6) is 0 Å². The van der Waals surface area contributed by atoms with E-state index in [1.165, 1.54) is 4.88 Å². The maximum Gasteiger partial charge on any atom is 0.313 e. The van der Waals surface area contributed by atoms with Gasteiger partial charge < -0.3 is 15.4 Å². The second-order valence-electron chi connectivity index (χ2n) is 5.17. The second kappa shape index (κ2) is 8.45. The molecule has 2 aromatic rings. The zero-order valence-corrected chi connectivity index (χ0v) is 14.0. The third kappa shape index (κ3) is 4.91. The number of thiophene rings is 1. The van der Waals surface area contributed by atoms with E-state index in [-0.39, 0.29) is 5.92 Å². The van der Waals surface area contributed by atoms with Gasteiger partial charge in [0.05, 0.1) is 6.61 Å². The average molecular weight is 332 g/mol. The van der Waals surface area contributed by atoms with E-state index in [1.807, 2.05) is 36.6 Å². The highest BCUT2D eigenvalue weighted by Crippen LogP contribution is 2.19. The summed E-state index contributed by atoms with van der Waals surface area (Å²) in [4.78, 5) is 25.1. The van der Waals surface area contributed by atoms with Crippen molar-refractivity contribution in [2.75, 3.05) is 19.0 Å². The van der Waals surface area contributed by atoms with Gasteiger partial charge in [-0.3, -0.25) is 9.59 Å². The molecule has 2 N–H and O–H groups in total. The van der Waals surface area contributed by atoms with Crippen molar-refractivity contribution < 1.29 is 14.3 Å². The van der Waals surface area contributed by atoms with Gasteiger partial charge in [0.15, 0.2) is 0 Å². The molecule has 0 fully saturated rings. The lowest BCUT2D eigenvalue weighted by Gasteiger charge is -2.12. The first-order valence-electron chi connectivity index (χ1n) is 7.31. The predicted octanol–water partition coefficient (Wildman–Crippen LogP) is 2.75. The minimum absolute atomic E-state index is 0.174. The average Bonchev–Trinajstić information content (AvgIpc) is 3.09. The smallest absolute Gasteiger partial charge is 0.313 e. The van der Waals surface area contributed by atoms with Crippen LogP contribution in [0.2, 0.25) is 0 Å². The molecule has 6 heteroatoms. The molecule has 0 aliphatic rings. The van der Waals surface area contributed by atoms with Crippen LogP contribution in [-0.4, -0.2) is 25.5 Å². The maximum atomic E-state index is 12.0. The number of amides is 2. The first-order chi connectivity index (χ1) is 11.1. The molecule has 0 saturated heterocycles. The standard InChI is InChI=1S/C17H20N2O3S/c1-12(15-8-5-9-23-15)10-18-16(20)17(21)19-14-7-4-3-6-13(14)11-22-2/h3-9,12H,10-11H2,1-2H3,(H,18,20)(H,19,21). The number of hydrogen-bond donors (Lipinski definition) is 2. The largest absolute Gasteiger partial charge is 0.380 e. The Morgan fingerprint density at radius 2 is 1.96 bits per heavy atom. The molecule has 1 aromatic heterocycles. The molecule has 1 atom stereocenters. The molecular weight excluding hydrogens is 312 g/mol. The molecule has 0 saturated carbocycles. The van der Waals surface area contributed by atoms with Crippen LogP contribution in [0.25, 0.3) is 0 Å². The number of anilines is 1. The number of carbonyl (C=O) groups is 2. The number of rotatable bonds is 6. The van der Waals surface area contributed by atoms with Crippen LogP contribution in [0, 0.1) is 0 Å². The Balaban J connectivity index is 1.89. The monoisotopic (exact) mass is 332 g/mol. The van der Waals surface area contributed by atoms with Gasteiger partial charge in [-0.1, -0.05) is 31.2 Å². The van der Waals surface area contributed by atoms with E-state index in [9.17, 15) is 9.59 Å². The molecule has 122 valence electrons. The van der Waals surface area contributed by atoms with Crippen molar-refractivity contribution in [3.05, 3.63) is 52.2 Å². The van der Waals surface area contributed by atoms with E-state index in [1.54, 1.807) is 30.6 Å². The van der Waals surface area contributed by atoms with E-state index < -0.39 is 11.8 Å². The van der Waals surface area contributed by atoms with E-state index >= 15 is 0 Å². The van der Waals surface area contributed by atoms with Crippen LogP contribution in [0.15, 0.2) is 41.8 Å². The summed E-state index contributed by atoms with van der Waals surface area (Å²) in [6, 6.07) is 11.2. The van der Waals surface area contributed by atoms with Gasteiger partial charge >= 0.3 is 11.8 Å². The van der Waals surface area contributed by atoms with Gasteiger partial charge in [0, 0.05) is 35.7 Å². The fourth-order valence-electron chi connectivity index (χ4n) is 2.10. The van der Waals surface area contributed by atoms with Crippen molar-refractivity contribution in [3.8, 4) is 0 Å². The Morgan fingerprint density at radius 1 is 1.17 bits per heavy atom. The van der Waals surface area contributed by atoms with Gasteiger partial charge in [-0.05, 0) is 17.5 Å². The van der Waals surface area contributed by atoms with Crippen LogP contribution in [0.4, 0.5) is 5.69 Å². The van der Waals surface area contributed by atoms with Crippen LogP contribution in [0.3, 0.4) is 0 Å². The summed E-state index contributed by atoms with van der Waals surface area (Å²) in [6.07, 6.45) is 0. The summed E-state index contributed by atoms with van der Waals surface area (Å²) in [5.41, 5.74) is 1.41. The first kappa shape index (κ1) is 17.2. The SMILES string of the molecule is COCc1ccccc1NC(=O)C(=O)NCC(C)c1cccs1. The van der Waals surface area contributed by atoms with E-state index in [4.69, 9.17) is 4.74 Å². The van der Waals surface area contributed by atoms with Gasteiger partial charge in [0.2, 0.25) is 0 Å². The molecule has 0 spiro atoms. The van der Waals surface area contributed by atoms with Gasteiger partial charge in [0.25, 0.3) is 0 Å². The fourth-order valence-corrected chi connectivity index (χ4v) is 2.89. The van der Waals surface area contributed by atoms with Crippen LogP contribution < -0.4 is 10.6 Å². The normalized spacial score (nSPS) is 11.7. The number of methoxy groups -OCH3 is 1. The summed E-state index contributed by atoms with van der Waals surface area (Å²) in [5, 5.41) is 7.29. The van der Waals surface area contributed by atoms with Crippen LogP contribution >= 0.6 is 11.3 Å². The number of benzene rings is 1. The molecule has 2 amide bonds. The number of carbonyl (C=O) groups excluding carboxylic acids is 2. The second-order valence-corrected chi connectivity index (χ2v) is 6.15. The molecule has 23 heavy (non-hydrogen) atoms. The molecule has 0 bridgehead atoms. The quantitative estimate of drug-likeness (QED) is 0.799. The minimum atomic E-state index is -0.674. The van der Waals surface area contributed by atoms with Crippen molar-refractivity contribution in [3.63, 3.8) is 0 Å². The van der Waals surface area contributed by atoms with E-state index in [0.29, 0.717) is 18.8 Å². The lowest BCUT2D eigenvalue weighted by Crippen LogP contribution is -2.37. The minimum Gasteiger partial charge on any atom is -0.380 e. The molecule has 0 aliphatic carbocycles. The van der Waals surface area contributed by atoms with Gasteiger partial charge in [-0.15, -0.1) is 11.3 Å². The molecule has 1 aromatic carbocycles. The highest BCUT2D eigenvalue weighted by atomic mass is 32.1. The molecule has 5 nitrogen and oxygen atoms in total. The molecule has 1 unspecified atom stereocenters. The van der Waals surface area contributed by atoms with Crippen molar-refractivity contribution in [1.29, 1.82) is 0 Å². The lowest BCUT2D eigenvalue weighted by atomic mass is 10.1. The van der Waals surface area contributed by atoms with E-state index in [2.05, 4.69) is 10.6 Å². The maximum absolute atomic E-state index is 12.0. The Bertz CT molecular complexity index is 656. The Labute approximate surface area is 139 Å². The van der Waals surface area contributed by atoms with E-state index in [0.717, 1.165) is 5.56 Å². The topological polar surface area (TPSA) is 67.4 Å². The zero-order chi connectivity index (χ0) is 16.7. The molecular formula is C17H20N2O3S. The van der Waals surface area contributed by atoms with Gasteiger partial charge in [0.1, 0.15) is 0 Å². The predicted molar refractivity (Wildman–Crippen MR) is 91.5 cm³/mol. The molecule has 1 heterocycles. The van der Waals surface area contributed by atoms with Crippen molar-refractivity contribution in [2.24, 2.45) is 0 Å². The molecule has 0 aliphatic heterocycles. The first-order valence-corrected chi connectivity index (χ1v) is 8.19. The number of nitrogens with one attached hydrogen (secondary N) is 2. The van der Waals surface area contributed by atoms with Crippen molar-refractivity contribution in [1.82, 2.24) is 5.32 Å². The summed E-state index contributed by atoms with van der Waals surface area (Å²) in [6.45, 7) is 2.80. The summed E-state index contributed by atoms with van der Waals surface area (Å²) in [7, 11) is 1.58. The number of hydrogen-bond acceptors (Lipinski definition) is 4. The fraction of sp³-hybridized carbons (Fsp3) is 0.294. The summed E-state index contributed by atoms with van der Waals surface area (Å²) in [5.74, 6) is -1.14. The highest BCUT2D eigenvalue weighted by molar-refractivity contribution is 7.10. The number of ether oxygens (including phenoxy) is 1. The van der Waals surface area contributed by atoms with Crippen LogP contribution in [0.1, 0.15) is 23.3 Å². The lowest BCUT2D eigenvalue weighted by molar-refractivity contribution is -0.136. The van der Waals surface area contributed by atoms with Crippen molar-refractivity contribution in [2.45, 2.75) is 19.4 Å². The Kier molecular flexibility index (Phi) is 6.31. The molecule has 2 rings (SSSR count). The van der Waals surface area contributed by atoms with Crippen molar-refractivity contribution >= 4 is 28.8 Å². The Morgan fingerprint density at radius 3 is 2.65 bits per heavy atom. The Hall–Kier alpha value is -2.18. The number of para-hydroxylation sites is 1. The summed E-state index contributed by atoms with van der Waals surface area (Å²) >= 11 is 1.64. The zero-order valence-electron chi connectivity index (χ0n) is 13.2. The highest BCUT2D eigenvalue weighted by Gasteiger charge is 2.16. The van der Waals surface area contributed by atoms with Crippen LogP contribution in [-0.2, 0) is 20.9 Å². The third-order valence-electron chi connectivity index (χ3n) is 3.37.